The molecule has 2 aromatic rings. The second kappa shape index (κ2) is 4.87. The van der Waals surface area contributed by atoms with Gasteiger partial charge in [-0.15, -0.1) is 10.2 Å². The molecule has 0 fully saturated rings. The summed E-state index contributed by atoms with van der Waals surface area (Å²) in [6, 6.07) is 4.24. The number of anilines is 1. The molecule has 0 saturated carbocycles. The highest BCUT2D eigenvalue weighted by atomic mass is 15.5. The van der Waals surface area contributed by atoms with E-state index < -0.39 is 0 Å². The van der Waals surface area contributed by atoms with E-state index in [0.717, 1.165) is 5.56 Å². The second-order valence-corrected chi connectivity index (χ2v) is 4.22. The van der Waals surface area contributed by atoms with Crippen LogP contribution in [0.1, 0.15) is 22.3 Å². The molecule has 2 rings (SSSR count). The molecule has 0 radical (unpaired) electrons. The lowest BCUT2D eigenvalue weighted by molar-refractivity contribution is 0.988. The zero-order valence-electron chi connectivity index (χ0n) is 10.7. The number of nitrogens with one attached hydrogen (secondary N) is 1. The van der Waals surface area contributed by atoms with Gasteiger partial charge in [-0.1, -0.05) is 6.07 Å². The highest BCUT2D eigenvalue weighted by molar-refractivity contribution is 5.82. The van der Waals surface area contributed by atoms with Gasteiger partial charge in [-0.2, -0.15) is 5.10 Å². The van der Waals surface area contributed by atoms with E-state index in [1.54, 1.807) is 6.21 Å². The van der Waals surface area contributed by atoms with Crippen LogP contribution in [-0.4, -0.2) is 21.1 Å². The molecular weight excluding hydrogens is 228 g/mol. The average Bonchev–Trinajstić information content (AvgIpc) is 2.72. The van der Waals surface area contributed by atoms with Crippen molar-refractivity contribution in [1.82, 2.24) is 14.9 Å². The van der Waals surface area contributed by atoms with Gasteiger partial charge in [0.2, 0.25) is 0 Å². The Morgan fingerprint density at radius 2 is 1.94 bits per heavy atom. The van der Waals surface area contributed by atoms with Crippen molar-refractivity contribution in [2.75, 3.05) is 11.3 Å². The van der Waals surface area contributed by atoms with Crippen LogP contribution < -0.4 is 11.3 Å². The van der Waals surface area contributed by atoms with Crippen LogP contribution in [0.4, 0.5) is 5.95 Å². The molecule has 94 valence electrons. The fraction of sp³-hybridized carbons (Fsp3) is 0.250. The molecule has 0 aliphatic rings. The number of aryl methyl sites for hydroxylation is 3. The minimum Gasteiger partial charge on any atom is -0.335 e. The van der Waals surface area contributed by atoms with Gasteiger partial charge in [0.25, 0.3) is 5.95 Å². The van der Waals surface area contributed by atoms with Crippen LogP contribution in [0.25, 0.3) is 0 Å². The number of rotatable bonds is 3. The van der Waals surface area contributed by atoms with Crippen molar-refractivity contribution in [1.29, 1.82) is 0 Å². The Kier molecular flexibility index (Phi) is 3.27. The molecule has 1 aromatic heterocycles. The molecule has 18 heavy (non-hydrogen) atoms. The highest BCUT2D eigenvalue weighted by Crippen LogP contribution is 2.13. The van der Waals surface area contributed by atoms with E-state index in [0.29, 0.717) is 5.95 Å². The number of hydrogen-bond donors (Lipinski definition) is 2. The molecule has 0 atom stereocenters. The van der Waals surface area contributed by atoms with E-state index in [1.165, 1.54) is 27.7 Å². The summed E-state index contributed by atoms with van der Waals surface area (Å²) in [5.74, 6) is 5.95. The number of benzene rings is 1. The van der Waals surface area contributed by atoms with Crippen molar-refractivity contribution >= 4 is 12.2 Å². The lowest BCUT2D eigenvalue weighted by Crippen LogP contribution is -2.10. The van der Waals surface area contributed by atoms with Crippen LogP contribution in [0.3, 0.4) is 0 Å². The largest absolute Gasteiger partial charge is 0.335 e. The van der Waals surface area contributed by atoms with Gasteiger partial charge in [0.05, 0.1) is 6.21 Å². The van der Waals surface area contributed by atoms with Crippen LogP contribution in [-0.2, 0) is 0 Å². The molecule has 0 spiro atoms. The Hall–Kier alpha value is -2.37. The quantitative estimate of drug-likeness (QED) is 0.485. The third-order valence-electron chi connectivity index (χ3n) is 2.82. The van der Waals surface area contributed by atoms with E-state index in [2.05, 4.69) is 53.6 Å². The summed E-state index contributed by atoms with van der Waals surface area (Å²) in [5.41, 5.74) is 7.50. The van der Waals surface area contributed by atoms with Gasteiger partial charge in [0.1, 0.15) is 6.33 Å². The lowest BCUT2D eigenvalue weighted by Gasteiger charge is -2.05. The first-order chi connectivity index (χ1) is 8.58. The van der Waals surface area contributed by atoms with E-state index in [4.69, 9.17) is 5.84 Å². The third kappa shape index (κ3) is 2.48. The van der Waals surface area contributed by atoms with Crippen LogP contribution in [0.5, 0.6) is 0 Å². The van der Waals surface area contributed by atoms with Gasteiger partial charge >= 0.3 is 0 Å². The number of hydrogen-bond acceptors (Lipinski definition) is 5. The van der Waals surface area contributed by atoms with Gasteiger partial charge in [-0.3, -0.25) is 0 Å². The predicted octanol–water partition coefficient (Wildman–Crippen LogP) is 1.36. The average molecular weight is 244 g/mol. The van der Waals surface area contributed by atoms with Gasteiger partial charge in [-0.05, 0) is 49.1 Å². The number of hydrazone groups is 1. The zero-order valence-corrected chi connectivity index (χ0v) is 10.7. The Bertz CT molecular complexity index is 584. The maximum absolute atomic E-state index is 5.55. The highest BCUT2D eigenvalue weighted by Gasteiger charge is 2.00. The topological polar surface area (TPSA) is 81.1 Å². The maximum atomic E-state index is 5.55. The van der Waals surface area contributed by atoms with Crippen molar-refractivity contribution in [2.45, 2.75) is 20.8 Å². The Labute approximate surface area is 106 Å². The first-order valence-electron chi connectivity index (χ1n) is 5.60. The Balaban J connectivity index is 2.14. The molecule has 0 unspecified atom stereocenters. The molecule has 0 aliphatic heterocycles. The summed E-state index contributed by atoms with van der Waals surface area (Å²) in [5, 5.41) is 11.5. The predicted molar refractivity (Wildman–Crippen MR) is 72.0 cm³/mol. The fourth-order valence-electron chi connectivity index (χ4n) is 1.60. The normalized spacial score (nSPS) is 11.1. The maximum Gasteiger partial charge on any atom is 0.263 e. The Morgan fingerprint density at radius 3 is 2.61 bits per heavy atom. The minimum absolute atomic E-state index is 0.396. The van der Waals surface area contributed by atoms with Crippen LogP contribution in [0, 0.1) is 20.8 Å². The van der Waals surface area contributed by atoms with E-state index in [9.17, 15) is 0 Å². The summed E-state index contributed by atoms with van der Waals surface area (Å²) in [6.45, 7) is 6.23. The van der Waals surface area contributed by atoms with E-state index in [1.807, 2.05) is 0 Å². The smallest absolute Gasteiger partial charge is 0.263 e. The summed E-state index contributed by atoms with van der Waals surface area (Å²) in [7, 11) is 0. The zero-order chi connectivity index (χ0) is 13.1. The molecule has 0 bridgehead atoms. The number of aromatic nitrogens is 3. The van der Waals surface area contributed by atoms with E-state index >= 15 is 0 Å². The summed E-state index contributed by atoms with van der Waals surface area (Å²) in [6.07, 6.45) is 3.15. The van der Waals surface area contributed by atoms with Crippen LogP contribution in [0.15, 0.2) is 23.6 Å². The standard InChI is InChI=1S/C12H16N6/c1-8-4-10(3)11(5-9(8)2)6-14-16-12-17-15-7-18(12)13/h4-7H,13H2,1-3H3,(H,16,17)/b14-6+. The van der Waals surface area contributed by atoms with Gasteiger partial charge in [0.15, 0.2) is 0 Å². The monoisotopic (exact) mass is 244 g/mol. The molecule has 3 N–H and O–H groups in total. The molecule has 6 nitrogen and oxygen atoms in total. The molecule has 1 heterocycles. The minimum atomic E-state index is 0.396. The van der Waals surface area contributed by atoms with E-state index in [-0.39, 0.29) is 0 Å². The van der Waals surface area contributed by atoms with Crippen molar-refractivity contribution in [3.8, 4) is 0 Å². The Morgan fingerprint density at radius 1 is 1.22 bits per heavy atom. The molecule has 0 aliphatic carbocycles. The first-order valence-corrected chi connectivity index (χ1v) is 5.60. The summed E-state index contributed by atoms with van der Waals surface area (Å²) >= 11 is 0. The molecule has 6 heteroatoms. The van der Waals surface area contributed by atoms with Gasteiger partial charge in [0, 0.05) is 0 Å². The SMILES string of the molecule is Cc1cc(C)c(/C=N/Nc2nncn2N)cc1C. The number of nitrogens with two attached hydrogens (primary N) is 1. The van der Waals surface area contributed by atoms with Gasteiger partial charge in [-0.25, -0.2) is 10.1 Å². The van der Waals surface area contributed by atoms with Crippen LogP contribution >= 0.6 is 0 Å². The third-order valence-corrected chi connectivity index (χ3v) is 2.82. The summed E-state index contributed by atoms with van der Waals surface area (Å²) < 4.78 is 1.27. The van der Waals surface area contributed by atoms with Crippen molar-refractivity contribution < 1.29 is 0 Å². The molecule has 0 amide bonds. The summed E-state index contributed by atoms with van der Waals surface area (Å²) in [4.78, 5) is 0. The van der Waals surface area contributed by atoms with Crippen molar-refractivity contribution in [2.24, 2.45) is 5.10 Å². The number of nitrogens with zero attached hydrogens (tertiary/aromatic N) is 4. The molecule has 1 aromatic carbocycles. The first kappa shape index (κ1) is 12.1. The molecular formula is C12H16N6. The molecule has 0 saturated heterocycles. The lowest BCUT2D eigenvalue weighted by atomic mass is 10.0. The number of nitrogen functional groups attached to an aromatic ring is 1. The van der Waals surface area contributed by atoms with Crippen molar-refractivity contribution in [3.63, 3.8) is 0 Å². The van der Waals surface area contributed by atoms with Crippen molar-refractivity contribution in [3.05, 3.63) is 40.7 Å². The second-order valence-electron chi connectivity index (χ2n) is 4.22. The van der Waals surface area contributed by atoms with Crippen LogP contribution in [0.2, 0.25) is 0 Å². The fourth-order valence-corrected chi connectivity index (χ4v) is 1.60. The van der Waals surface area contributed by atoms with Gasteiger partial charge < -0.3 is 5.84 Å².